The number of aliphatic hydroxyl groups is 1. The average molecular weight is 115 g/mol. The molecule has 0 aromatic heterocycles. The van der Waals surface area contributed by atoms with Gasteiger partial charge in [-0.3, -0.25) is 0 Å². The van der Waals surface area contributed by atoms with Gasteiger partial charge < -0.3 is 10.8 Å². The van der Waals surface area contributed by atoms with E-state index < -0.39 is 0 Å². The summed E-state index contributed by atoms with van der Waals surface area (Å²) in [6, 6.07) is 0.0324. The normalized spacial score (nSPS) is 43.5. The molecule has 0 aliphatic heterocycles. The zero-order valence-electron chi connectivity index (χ0n) is 5.39. The van der Waals surface area contributed by atoms with Gasteiger partial charge in [0.15, 0.2) is 0 Å². The van der Waals surface area contributed by atoms with Crippen molar-refractivity contribution in [3.05, 3.63) is 0 Å². The molecule has 0 saturated heterocycles. The standard InChI is InChI=1S/C6H13NO/c1-6(2)3-4(7)5(6)8/h4-5,8H,3,7H2,1-2H3. The number of aliphatic hydroxyl groups excluding tert-OH is 1. The smallest absolute Gasteiger partial charge is 0.0742 e. The third-order valence-corrected chi connectivity index (χ3v) is 1.97. The molecule has 1 saturated carbocycles. The van der Waals surface area contributed by atoms with Crippen molar-refractivity contribution in [3.63, 3.8) is 0 Å². The van der Waals surface area contributed by atoms with Crippen LogP contribution in [0.15, 0.2) is 0 Å². The molecule has 48 valence electrons. The van der Waals surface area contributed by atoms with Gasteiger partial charge in [-0.2, -0.15) is 0 Å². The largest absolute Gasteiger partial charge is 0.391 e. The number of rotatable bonds is 0. The molecule has 0 bridgehead atoms. The summed E-state index contributed by atoms with van der Waals surface area (Å²) in [7, 11) is 0. The van der Waals surface area contributed by atoms with Crippen LogP contribution in [-0.2, 0) is 0 Å². The van der Waals surface area contributed by atoms with Crippen LogP contribution in [0.5, 0.6) is 0 Å². The fourth-order valence-corrected chi connectivity index (χ4v) is 1.26. The molecule has 8 heavy (non-hydrogen) atoms. The molecular formula is C6H13NO. The van der Waals surface area contributed by atoms with E-state index in [0.717, 1.165) is 6.42 Å². The first-order valence-corrected chi connectivity index (χ1v) is 2.98. The van der Waals surface area contributed by atoms with Gasteiger partial charge in [0, 0.05) is 6.04 Å². The zero-order chi connectivity index (χ0) is 6.36. The Morgan fingerprint density at radius 2 is 2.12 bits per heavy atom. The highest BCUT2D eigenvalue weighted by molar-refractivity contribution is 4.98. The topological polar surface area (TPSA) is 46.2 Å². The Balaban J connectivity index is 2.47. The summed E-state index contributed by atoms with van der Waals surface area (Å²) >= 11 is 0. The van der Waals surface area contributed by atoms with Crippen molar-refractivity contribution >= 4 is 0 Å². The molecule has 2 heteroatoms. The lowest BCUT2D eigenvalue weighted by Crippen LogP contribution is -2.57. The molecule has 2 atom stereocenters. The fraction of sp³-hybridized carbons (Fsp3) is 1.00. The SMILES string of the molecule is CC1(C)CC(N)C1O. The summed E-state index contributed by atoms with van der Waals surface area (Å²) in [5, 5.41) is 9.12. The second-order valence-corrected chi connectivity index (χ2v) is 3.30. The number of hydrogen-bond acceptors (Lipinski definition) is 2. The van der Waals surface area contributed by atoms with E-state index in [9.17, 15) is 0 Å². The van der Waals surface area contributed by atoms with Gasteiger partial charge in [-0.05, 0) is 11.8 Å². The van der Waals surface area contributed by atoms with Crippen LogP contribution in [0.3, 0.4) is 0 Å². The molecule has 0 heterocycles. The van der Waals surface area contributed by atoms with E-state index >= 15 is 0 Å². The summed E-state index contributed by atoms with van der Waals surface area (Å²) in [5.74, 6) is 0. The van der Waals surface area contributed by atoms with Crippen LogP contribution in [0, 0.1) is 5.41 Å². The molecule has 0 spiro atoms. The third kappa shape index (κ3) is 0.644. The summed E-state index contributed by atoms with van der Waals surface area (Å²) in [4.78, 5) is 0. The van der Waals surface area contributed by atoms with E-state index in [1.807, 2.05) is 13.8 Å². The van der Waals surface area contributed by atoms with Crippen molar-refractivity contribution in [2.75, 3.05) is 0 Å². The molecule has 2 unspecified atom stereocenters. The summed E-state index contributed by atoms with van der Waals surface area (Å²) in [5.41, 5.74) is 5.53. The second-order valence-electron chi connectivity index (χ2n) is 3.30. The van der Waals surface area contributed by atoms with E-state index in [1.165, 1.54) is 0 Å². The van der Waals surface area contributed by atoms with Crippen LogP contribution in [0.1, 0.15) is 20.3 Å². The predicted molar refractivity (Wildman–Crippen MR) is 32.4 cm³/mol. The van der Waals surface area contributed by atoms with Crippen LogP contribution in [-0.4, -0.2) is 17.3 Å². The summed E-state index contributed by atoms with van der Waals surface area (Å²) in [6.45, 7) is 4.06. The first-order chi connectivity index (χ1) is 3.54. The molecule has 1 aliphatic carbocycles. The highest BCUT2D eigenvalue weighted by Crippen LogP contribution is 2.38. The number of hydrogen-bond donors (Lipinski definition) is 2. The van der Waals surface area contributed by atoms with Gasteiger partial charge in [-0.15, -0.1) is 0 Å². The van der Waals surface area contributed by atoms with Crippen LogP contribution < -0.4 is 5.73 Å². The first-order valence-electron chi connectivity index (χ1n) is 2.98. The highest BCUT2D eigenvalue weighted by Gasteiger charge is 2.43. The van der Waals surface area contributed by atoms with E-state index in [0.29, 0.717) is 0 Å². The van der Waals surface area contributed by atoms with Gasteiger partial charge in [-0.25, -0.2) is 0 Å². The molecule has 0 aromatic rings. The van der Waals surface area contributed by atoms with Crippen molar-refractivity contribution in [3.8, 4) is 0 Å². The van der Waals surface area contributed by atoms with E-state index in [1.54, 1.807) is 0 Å². The maximum atomic E-state index is 9.12. The third-order valence-electron chi connectivity index (χ3n) is 1.97. The Hall–Kier alpha value is -0.0800. The molecule has 0 aromatic carbocycles. The molecule has 1 aliphatic rings. The van der Waals surface area contributed by atoms with Crippen LogP contribution in [0.2, 0.25) is 0 Å². The maximum Gasteiger partial charge on any atom is 0.0742 e. The molecular weight excluding hydrogens is 102 g/mol. The van der Waals surface area contributed by atoms with E-state index in [2.05, 4.69) is 0 Å². The summed E-state index contributed by atoms with van der Waals surface area (Å²) in [6.07, 6.45) is 0.677. The quantitative estimate of drug-likeness (QED) is 0.470. The fourth-order valence-electron chi connectivity index (χ4n) is 1.26. The average Bonchev–Trinajstić information content (AvgIpc) is 1.65. The van der Waals surface area contributed by atoms with Gasteiger partial charge in [0.1, 0.15) is 0 Å². The first kappa shape index (κ1) is 6.05. The minimum Gasteiger partial charge on any atom is -0.391 e. The molecule has 3 N–H and O–H groups in total. The Morgan fingerprint density at radius 1 is 1.62 bits per heavy atom. The van der Waals surface area contributed by atoms with E-state index in [4.69, 9.17) is 10.8 Å². The van der Waals surface area contributed by atoms with Gasteiger partial charge in [0.05, 0.1) is 6.10 Å². The molecule has 1 fully saturated rings. The van der Waals surface area contributed by atoms with Crippen LogP contribution >= 0.6 is 0 Å². The Kier molecular flexibility index (Phi) is 1.10. The molecule has 1 rings (SSSR count). The van der Waals surface area contributed by atoms with Gasteiger partial charge in [0.25, 0.3) is 0 Å². The minimum atomic E-state index is -0.275. The van der Waals surface area contributed by atoms with Crippen LogP contribution in [0.25, 0.3) is 0 Å². The predicted octanol–water partition coefficient (Wildman–Crippen LogP) is 0.104. The van der Waals surface area contributed by atoms with Crippen molar-refractivity contribution in [1.29, 1.82) is 0 Å². The minimum absolute atomic E-state index is 0.0324. The highest BCUT2D eigenvalue weighted by atomic mass is 16.3. The Labute approximate surface area is 49.7 Å². The Morgan fingerprint density at radius 3 is 2.12 bits per heavy atom. The van der Waals surface area contributed by atoms with Crippen molar-refractivity contribution in [1.82, 2.24) is 0 Å². The van der Waals surface area contributed by atoms with Crippen LogP contribution in [0.4, 0.5) is 0 Å². The maximum absolute atomic E-state index is 9.12. The second kappa shape index (κ2) is 1.45. The molecule has 0 radical (unpaired) electrons. The van der Waals surface area contributed by atoms with Gasteiger partial charge >= 0.3 is 0 Å². The Bertz CT molecular complexity index is 101. The monoisotopic (exact) mass is 115 g/mol. The zero-order valence-corrected chi connectivity index (χ0v) is 5.39. The summed E-state index contributed by atoms with van der Waals surface area (Å²) < 4.78 is 0. The number of nitrogens with two attached hydrogens (primary N) is 1. The van der Waals surface area contributed by atoms with Crippen molar-refractivity contribution in [2.45, 2.75) is 32.4 Å². The van der Waals surface area contributed by atoms with E-state index in [-0.39, 0.29) is 17.6 Å². The lowest BCUT2D eigenvalue weighted by Gasteiger charge is -2.46. The van der Waals surface area contributed by atoms with Crippen molar-refractivity contribution in [2.24, 2.45) is 11.1 Å². The molecule has 2 nitrogen and oxygen atoms in total. The lowest BCUT2D eigenvalue weighted by atomic mass is 9.66. The molecule has 0 amide bonds. The lowest BCUT2D eigenvalue weighted by molar-refractivity contribution is -0.0590. The van der Waals surface area contributed by atoms with Gasteiger partial charge in [-0.1, -0.05) is 13.8 Å². The van der Waals surface area contributed by atoms with Crippen molar-refractivity contribution < 1.29 is 5.11 Å². The van der Waals surface area contributed by atoms with Gasteiger partial charge in [0.2, 0.25) is 0 Å².